The molecule has 108 valence electrons. The van der Waals surface area contributed by atoms with Crippen LogP contribution in [0, 0.1) is 6.92 Å². The molecular formula is C15H23N5. The lowest BCUT2D eigenvalue weighted by Gasteiger charge is -2.19. The number of piperidine rings is 1. The molecular weight excluding hydrogens is 250 g/mol. The third-order valence-electron chi connectivity index (χ3n) is 3.32. The Bertz CT molecular complexity index is 529. The molecule has 2 heterocycles. The monoisotopic (exact) mass is 273 g/mol. The number of benzene rings is 1. The third kappa shape index (κ3) is 3.42. The molecule has 1 aliphatic heterocycles. The summed E-state index contributed by atoms with van der Waals surface area (Å²) in [5.41, 5.74) is 2.17. The average molecular weight is 273 g/mol. The van der Waals surface area contributed by atoms with Crippen molar-refractivity contribution in [2.75, 3.05) is 13.1 Å². The first-order valence-electron chi connectivity index (χ1n) is 7.40. The summed E-state index contributed by atoms with van der Waals surface area (Å²) in [6, 6.07) is 8.13. The second kappa shape index (κ2) is 7.14. The summed E-state index contributed by atoms with van der Waals surface area (Å²) in [6.45, 7) is 8.12. The average Bonchev–Trinajstić information content (AvgIpc) is 3.00. The molecule has 1 atom stereocenters. The summed E-state index contributed by atoms with van der Waals surface area (Å²) in [7, 11) is 0. The minimum absolute atomic E-state index is 0.400. The van der Waals surface area contributed by atoms with E-state index in [0.29, 0.717) is 5.92 Å². The van der Waals surface area contributed by atoms with Gasteiger partial charge < -0.3 is 5.32 Å². The van der Waals surface area contributed by atoms with Gasteiger partial charge in [0.15, 0.2) is 5.82 Å². The second-order valence-electron chi connectivity index (χ2n) is 4.82. The normalized spacial score (nSPS) is 18.2. The predicted octanol–water partition coefficient (Wildman–Crippen LogP) is 2.46. The zero-order valence-corrected chi connectivity index (χ0v) is 12.5. The van der Waals surface area contributed by atoms with Gasteiger partial charge in [0, 0.05) is 12.5 Å². The van der Waals surface area contributed by atoms with Crippen LogP contribution in [-0.2, 0) is 0 Å². The molecule has 3 rings (SSSR count). The molecule has 1 aromatic heterocycles. The molecule has 20 heavy (non-hydrogen) atoms. The van der Waals surface area contributed by atoms with Crippen molar-refractivity contribution in [1.82, 2.24) is 25.5 Å². The van der Waals surface area contributed by atoms with Crippen molar-refractivity contribution in [1.29, 1.82) is 0 Å². The van der Waals surface area contributed by atoms with Gasteiger partial charge in [-0.1, -0.05) is 26.0 Å². The van der Waals surface area contributed by atoms with E-state index in [1.165, 1.54) is 12.0 Å². The second-order valence-corrected chi connectivity index (χ2v) is 4.82. The zero-order chi connectivity index (χ0) is 14.4. The van der Waals surface area contributed by atoms with Crippen LogP contribution in [-0.4, -0.2) is 33.3 Å². The van der Waals surface area contributed by atoms with Crippen LogP contribution >= 0.6 is 0 Å². The first kappa shape index (κ1) is 14.7. The van der Waals surface area contributed by atoms with Crippen LogP contribution in [0.1, 0.15) is 44.0 Å². The van der Waals surface area contributed by atoms with Crippen LogP contribution in [0.3, 0.4) is 0 Å². The summed E-state index contributed by atoms with van der Waals surface area (Å²) < 4.78 is 0. The van der Waals surface area contributed by atoms with Crippen molar-refractivity contribution in [2.45, 2.75) is 39.5 Å². The van der Waals surface area contributed by atoms with Crippen LogP contribution < -0.4 is 5.32 Å². The lowest BCUT2D eigenvalue weighted by Crippen LogP contribution is -2.29. The highest BCUT2D eigenvalue weighted by atomic mass is 15.6. The Kier molecular flexibility index (Phi) is 5.24. The van der Waals surface area contributed by atoms with Crippen molar-refractivity contribution in [3.63, 3.8) is 0 Å². The fraction of sp³-hybridized carbons (Fsp3) is 0.533. The topological polar surface area (TPSA) is 55.6 Å². The maximum absolute atomic E-state index is 4.50. The molecule has 0 radical (unpaired) electrons. The van der Waals surface area contributed by atoms with Gasteiger partial charge >= 0.3 is 0 Å². The lowest BCUT2D eigenvalue weighted by atomic mass is 9.99. The van der Waals surface area contributed by atoms with Crippen molar-refractivity contribution in [3.05, 3.63) is 35.7 Å². The molecule has 5 heteroatoms. The van der Waals surface area contributed by atoms with Crippen molar-refractivity contribution in [3.8, 4) is 5.69 Å². The number of aromatic nitrogens is 4. The van der Waals surface area contributed by atoms with Gasteiger partial charge in [0.1, 0.15) is 0 Å². The third-order valence-corrected chi connectivity index (χ3v) is 3.32. The van der Waals surface area contributed by atoms with E-state index in [9.17, 15) is 0 Å². The molecule has 0 bridgehead atoms. The van der Waals surface area contributed by atoms with Gasteiger partial charge in [-0.3, -0.25) is 0 Å². The first-order chi connectivity index (χ1) is 9.83. The van der Waals surface area contributed by atoms with Gasteiger partial charge in [-0.2, -0.15) is 0 Å². The zero-order valence-electron chi connectivity index (χ0n) is 12.5. The molecule has 2 aromatic rings. The minimum Gasteiger partial charge on any atom is -0.316 e. The maximum Gasteiger partial charge on any atom is 0.179 e. The summed E-state index contributed by atoms with van der Waals surface area (Å²) >= 11 is 0. The van der Waals surface area contributed by atoms with Gasteiger partial charge in [-0.15, -0.1) is 15.0 Å². The number of nitrogens with zero attached hydrogens (tertiary/aromatic N) is 4. The number of hydrogen-bond acceptors (Lipinski definition) is 4. The molecule has 1 fully saturated rings. The molecule has 1 aliphatic rings. The number of aryl methyl sites for hydroxylation is 1. The highest BCUT2D eigenvalue weighted by Crippen LogP contribution is 2.19. The van der Waals surface area contributed by atoms with E-state index in [2.05, 4.69) is 39.8 Å². The standard InChI is InChI=1S/C13H17N5.C2H6/c1-10-4-2-6-12(8-10)18-16-13(15-17-18)11-5-3-7-14-9-11;1-2/h2,4,6,8,11,14H,3,5,7,9H2,1H3;1-2H3. The molecule has 1 N–H and O–H groups in total. The minimum atomic E-state index is 0.400. The molecule has 0 spiro atoms. The number of tetrazole rings is 1. The number of hydrogen-bond donors (Lipinski definition) is 1. The molecule has 0 amide bonds. The van der Waals surface area contributed by atoms with Crippen LogP contribution in [0.2, 0.25) is 0 Å². The summed E-state index contributed by atoms with van der Waals surface area (Å²) in [6.07, 6.45) is 2.33. The van der Waals surface area contributed by atoms with Crippen LogP contribution in [0.4, 0.5) is 0 Å². The van der Waals surface area contributed by atoms with Crippen LogP contribution in [0.25, 0.3) is 5.69 Å². The Labute approximate surface area is 120 Å². The van der Waals surface area contributed by atoms with E-state index in [1.54, 1.807) is 4.80 Å². The molecule has 0 saturated carbocycles. The molecule has 1 saturated heterocycles. The summed E-state index contributed by atoms with van der Waals surface area (Å²) in [5.74, 6) is 1.25. The Morgan fingerprint density at radius 3 is 2.85 bits per heavy atom. The summed E-state index contributed by atoms with van der Waals surface area (Å²) in [4.78, 5) is 1.62. The van der Waals surface area contributed by atoms with E-state index in [4.69, 9.17) is 0 Å². The van der Waals surface area contributed by atoms with Crippen LogP contribution in [0.5, 0.6) is 0 Å². The highest BCUT2D eigenvalue weighted by molar-refractivity contribution is 5.33. The fourth-order valence-electron chi connectivity index (χ4n) is 2.32. The van der Waals surface area contributed by atoms with Gasteiger partial charge in [0.25, 0.3) is 0 Å². The quantitative estimate of drug-likeness (QED) is 0.913. The predicted molar refractivity (Wildman–Crippen MR) is 80.1 cm³/mol. The van der Waals surface area contributed by atoms with E-state index in [1.807, 2.05) is 26.0 Å². The van der Waals surface area contributed by atoms with Gasteiger partial charge in [0.05, 0.1) is 5.69 Å². The number of rotatable bonds is 2. The van der Waals surface area contributed by atoms with Gasteiger partial charge in [-0.25, -0.2) is 0 Å². The Balaban J connectivity index is 0.000000704. The lowest BCUT2D eigenvalue weighted by molar-refractivity contribution is 0.446. The van der Waals surface area contributed by atoms with Crippen molar-refractivity contribution < 1.29 is 0 Å². The van der Waals surface area contributed by atoms with Crippen LogP contribution in [0.15, 0.2) is 24.3 Å². The number of nitrogens with one attached hydrogen (secondary N) is 1. The molecule has 1 unspecified atom stereocenters. The smallest absolute Gasteiger partial charge is 0.179 e. The Morgan fingerprint density at radius 1 is 1.30 bits per heavy atom. The van der Waals surface area contributed by atoms with Gasteiger partial charge in [-0.05, 0) is 49.2 Å². The van der Waals surface area contributed by atoms with Crippen molar-refractivity contribution in [2.24, 2.45) is 0 Å². The summed E-state index contributed by atoms with van der Waals surface area (Å²) in [5, 5.41) is 16.2. The highest BCUT2D eigenvalue weighted by Gasteiger charge is 2.20. The van der Waals surface area contributed by atoms with Crippen molar-refractivity contribution >= 4 is 0 Å². The van der Waals surface area contributed by atoms with Gasteiger partial charge in [0.2, 0.25) is 0 Å². The van der Waals surface area contributed by atoms with E-state index >= 15 is 0 Å². The Morgan fingerprint density at radius 2 is 2.15 bits per heavy atom. The molecule has 5 nitrogen and oxygen atoms in total. The Hall–Kier alpha value is -1.75. The first-order valence-corrected chi connectivity index (χ1v) is 7.40. The largest absolute Gasteiger partial charge is 0.316 e. The molecule has 1 aromatic carbocycles. The maximum atomic E-state index is 4.50. The fourth-order valence-corrected chi connectivity index (χ4v) is 2.32. The van der Waals surface area contributed by atoms with E-state index < -0.39 is 0 Å². The van der Waals surface area contributed by atoms with E-state index in [-0.39, 0.29) is 0 Å². The molecule has 0 aliphatic carbocycles. The van der Waals surface area contributed by atoms with E-state index in [0.717, 1.165) is 31.0 Å². The SMILES string of the molecule is CC.Cc1cccc(-n2nnc(C3CCCNC3)n2)c1.